The summed E-state index contributed by atoms with van der Waals surface area (Å²) in [5, 5.41) is 0. The van der Waals surface area contributed by atoms with Crippen molar-refractivity contribution in [2.75, 3.05) is 13.1 Å². The van der Waals surface area contributed by atoms with Crippen molar-refractivity contribution in [1.29, 1.82) is 0 Å². The van der Waals surface area contributed by atoms with Gasteiger partial charge in [0, 0.05) is 38.6 Å². The van der Waals surface area contributed by atoms with Gasteiger partial charge in [-0.25, -0.2) is 4.98 Å². The molecule has 0 bridgehead atoms. The Bertz CT molecular complexity index is 456. The predicted octanol–water partition coefficient (Wildman–Crippen LogP) is 0.620. The smallest absolute Gasteiger partial charge is 0.289 e. The standard InChI is InChI=1S/C13H20N4O/c1-16-5-4-15-12(16)13(18)17-7-9-2-3-11(14)6-10(9)8-17/h4-5,9-11H,2-3,6-8,14H2,1H3/t9-,10+,11?/m1/s1. The molecule has 0 radical (unpaired) electrons. The number of rotatable bonds is 1. The lowest BCUT2D eigenvalue weighted by Gasteiger charge is -2.27. The van der Waals surface area contributed by atoms with Crippen LogP contribution in [0.15, 0.2) is 12.4 Å². The van der Waals surface area contributed by atoms with Crippen molar-refractivity contribution >= 4 is 5.91 Å². The maximum atomic E-state index is 12.4. The van der Waals surface area contributed by atoms with E-state index in [-0.39, 0.29) is 5.91 Å². The number of fused-ring (bicyclic) bond motifs is 1. The molecule has 2 aliphatic rings. The van der Waals surface area contributed by atoms with Crippen LogP contribution >= 0.6 is 0 Å². The Hall–Kier alpha value is -1.36. The van der Waals surface area contributed by atoms with Crippen molar-refractivity contribution in [2.24, 2.45) is 24.6 Å². The fraction of sp³-hybridized carbons (Fsp3) is 0.692. The Kier molecular flexibility index (Phi) is 2.86. The summed E-state index contributed by atoms with van der Waals surface area (Å²) in [6, 6.07) is 0.328. The maximum absolute atomic E-state index is 12.4. The molecule has 3 atom stereocenters. The Balaban J connectivity index is 1.72. The molecular weight excluding hydrogens is 228 g/mol. The molecule has 1 aliphatic heterocycles. The fourth-order valence-corrected chi connectivity index (χ4v) is 3.35. The van der Waals surface area contributed by atoms with Gasteiger partial charge in [-0.3, -0.25) is 4.79 Å². The van der Waals surface area contributed by atoms with Crippen LogP contribution in [0.5, 0.6) is 0 Å². The number of aromatic nitrogens is 2. The molecule has 98 valence electrons. The maximum Gasteiger partial charge on any atom is 0.289 e. The van der Waals surface area contributed by atoms with Gasteiger partial charge in [0.25, 0.3) is 5.91 Å². The topological polar surface area (TPSA) is 64.2 Å². The van der Waals surface area contributed by atoms with Gasteiger partial charge in [-0.15, -0.1) is 0 Å². The fourth-order valence-electron chi connectivity index (χ4n) is 3.35. The van der Waals surface area contributed by atoms with Crippen LogP contribution in [0.2, 0.25) is 0 Å². The Morgan fingerprint density at radius 2 is 2.17 bits per heavy atom. The first-order chi connectivity index (χ1) is 8.65. The Labute approximate surface area is 107 Å². The minimum Gasteiger partial charge on any atom is -0.335 e. The highest BCUT2D eigenvalue weighted by Crippen LogP contribution is 2.36. The van der Waals surface area contributed by atoms with Gasteiger partial charge in [0.15, 0.2) is 5.82 Å². The zero-order chi connectivity index (χ0) is 12.7. The van der Waals surface area contributed by atoms with Crippen molar-refractivity contribution in [3.63, 3.8) is 0 Å². The van der Waals surface area contributed by atoms with Gasteiger partial charge in [-0.1, -0.05) is 0 Å². The molecule has 1 unspecified atom stereocenters. The van der Waals surface area contributed by atoms with E-state index in [4.69, 9.17) is 5.73 Å². The number of carbonyl (C=O) groups is 1. The lowest BCUT2D eigenvalue weighted by molar-refractivity contribution is 0.0768. The SMILES string of the molecule is Cn1ccnc1C(=O)N1C[C@H]2CCC(N)C[C@H]2C1. The summed E-state index contributed by atoms with van der Waals surface area (Å²) in [5.74, 6) is 1.84. The van der Waals surface area contributed by atoms with E-state index in [1.165, 1.54) is 0 Å². The lowest BCUT2D eigenvalue weighted by Crippen LogP contribution is -2.32. The molecule has 2 fully saturated rings. The number of nitrogens with two attached hydrogens (primary N) is 1. The minimum atomic E-state index is 0.0606. The zero-order valence-electron chi connectivity index (χ0n) is 10.7. The molecule has 1 aromatic rings. The molecular formula is C13H20N4O. The average Bonchev–Trinajstić information content (AvgIpc) is 2.93. The molecule has 0 aromatic carbocycles. The minimum absolute atomic E-state index is 0.0606. The molecule has 1 aliphatic carbocycles. The number of amides is 1. The largest absolute Gasteiger partial charge is 0.335 e. The lowest BCUT2D eigenvalue weighted by atomic mass is 9.79. The van der Waals surface area contributed by atoms with Crippen LogP contribution in [0.1, 0.15) is 29.9 Å². The molecule has 0 spiro atoms. The second-order valence-electron chi connectivity index (χ2n) is 5.67. The predicted molar refractivity (Wildman–Crippen MR) is 67.9 cm³/mol. The first kappa shape index (κ1) is 11.7. The summed E-state index contributed by atoms with van der Waals surface area (Å²) in [4.78, 5) is 18.5. The number of hydrogen-bond acceptors (Lipinski definition) is 3. The van der Waals surface area contributed by atoms with E-state index in [0.29, 0.717) is 23.7 Å². The number of imidazole rings is 1. The van der Waals surface area contributed by atoms with Crippen LogP contribution in [-0.2, 0) is 7.05 Å². The average molecular weight is 248 g/mol. The monoisotopic (exact) mass is 248 g/mol. The number of nitrogens with zero attached hydrogens (tertiary/aromatic N) is 3. The van der Waals surface area contributed by atoms with Crippen LogP contribution in [-0.4, -0.2) is 39.5 Å². The molecule has 1 amide bonds. The van der Waals surface area contributed by atoms with Gasteiger partial charge in [0.05, 0.1) is 0 Å². The second-order valence-corrected chi connectivity index (χ2v) is 5.67. The van der Waals surface area contributed by atoms with Crippen molar-refractivity contribution < 1.29 is 4.79 Å². The highest BCUT2D eigenvalue weighted by molar-refractivity contribution is 5.91. The molecule has 2 heterocycles. The molecule has 1 aromatic heterocycles. The van der Waals surface area contributed by atoms with E-state index in [9.17, 15) is 4.79 Å². The molecule has 2 N–H and O–H groups in total. The van der Waals surface area contributed by atoms with Crippen LogP contribution in [0.4, 0.5) is 0 Å². The second kappa shape index (κ2) is 4.39. The summed E-state index contributed by atoms with van der Waals surface area (Å²) >= 11 is 0. The van der Waals surface area contributed by atoms with Gasteiger partial charge in [0.1, 0.15) is 0 Å². The van der Waals surface area contributed by atoms with Gasteiger partial charge in [-0.05, 0) is 31.1 Å². The van der Waals surface area contributed by atoms with E-state index in [1.807, 2.05) is 18.1 Å². The normalized spacial score (nSPS) is 31.4. The molecule has 3 rings (SSSR count). The van der Waals surface area contributed by atoms with E-state index in [2.05, 4.69) is 4.98 Å². The van der Waals surface area contributed by atoms with E-state index < -0.39 is 0 Å². The molecule has 5 nitrogen and oxygen atoms in total. The first-order valence-corrected chi connectivity index (χ1v) is 6.67. The van der Waals surface area contributed by atoms with E-state index >= 15 is 0 Å². The van der Waals surface area contributed by atoms with Crippen LogP contribution in [0.25, 0.3) is 0 Å². The zero-order valence-corrected chi connectivity index (χ0v) is 10.7. The van der Waals surface area contributed by atoms with Crippen molar-refractivity contribution in [3.05, 3.63) is 18.2 Å². The van der Waals surface area contributed by atoms with Crippen molar-refractivity contribution in [3.8, 4) is 0 Å². The molecule has 5 heteroatoms. The van der Waals surface area contributed by atoms with Crippen LogP contribution in [0, 0.1) is 11.8 Å². The molecule has 1 saturated heterocycles. The highest BCUT2D eigenvalue weighted by atomic mass is 16.2. The quantitative estimate of drug-likeness (QED) is 0.792. The van der Waals surface area contributed by atoms with Crippen molar-refractivity contribution in [2.45, 2.75) is 25.3 Å². The Morgan fingerprint density at radius 3 is 2.89 bits per heavy atom. The van der Waals surface area contributed by atoms with Crippen LogP contribution < -0.4 is 5.73 Å². The summed E-state index contributed by atoms with van der Waals surface area (Å²) < 4.78 is 1.79. The van der Waals surface area contributed by atoms with E-state index in [1.54, 1.807) is 10.8 Å². The molecule has 1 saturated carbocycles. The van der Waals surface area contributed by atoms with Gasteiger partial charge < -0.3 is 15.2 Å². The van der Waals surface area contributed by atoms with E-state index in [0.717, 1.165) is 32.4 Å². The number of likely N-dealkylation sites (tertiary alicyclic amines) is 1. The number of aryl methyl sites for hydroxylation is 1. The van der Waals surface area contributed by atoms with Gasteiger partial charge >= 0.3 is 0 Å². The van der Waals surface area contributed by atoms with Gasteiger partial charge in [-0.2, -0.15) is 0 Å². The third-order valence-electron chi connectivity index (χ3n) is 4.39. The third kappa shape index (κ3) is 1.92. The van der Waals surface area contributed by atoms with Crippen molar-refractivity contribution in [1.82, 2.24) is 14.5 Å². The third-order valence-corrected chi connectivity index (χ3v) is 4.39. The highest BCUT2D eigenvalue weighted by Gasteiger charge is 2.39. The van der Waals surface area contributed by atoms with Gasteiger partial charge in [0.2, 0.25) is 0 Å². The summed E-state index contributed by atoms with van der Waals surface area (Å²) in [6.07, 6.45) is 6.81. The summed E-state index contributed by atoms with van der Waals surface area (Å²) in [7, 11) is 1.86. The summed E-state index contributed by atoms with van der Waals surface area (Å²) in [6.45, 7) is 1.73. The summed E-state index contributed by atoms with van der Waals surface area (Å²) in [5.41, 5.74) is 6.01. The molecule has 18 heavy (non-hydrogen) atoms. The Morgan fingerprint density at radius 1 is 1.39 bits per heavy atom. The first-order valence-electron chi connectivity index (χ1n) is 6.67. The number of carbonyl (C=O) groups excluding carboxylic acids is 1. The van der Waals surface area contributed by atoms with Crippen LogP contribution in [0.3, 0.4) is 0 Å². The number of hydrogen-bond donors (Lipinski definition) is 1.